The highest BCUT2D eigenvalue weighted by atomic mass is 32.2. The number of hydrogen-bond donors (Lipinski definition) is 1. The number of carbonyl (C=O) groups is 1. The van der Waals surface area contributed by atoms with E-state index in [-0.39, 0.29) is 10.7 Å². The zero-order valence-electron chi connectivity index (χ0n) is 19.2. The predicted molar refractivity (Wildman–Crippen MR) is 126 cm³/mol. The quantitative estimate of drug-likeness (QED) is 0.651. The molecule has 1 heterocycles. The molecule has 1 aliphatic heterocycles. The van der Waals surface area contributed by atoms with Crippen LogP contribution in [0.4, 0.5) is 15.8 Å². The van der Waals surface area contributed by atoms with Crippen molar-refractivity contribution in [1.82, 2.24) is 4.31 Å². The summed E-state index contributed by atoms with van der Waals surface area (Å²) in [5.41, 5.74) is 2.11. The highest BCUT2D eigenvalue weighted by molar-refractivity contribution is 7.89. The number of aryl methyl sites for hydroxylation is 1. The first-order valence-electron chi connectivity index (χ1n) is 11.1. The van der Waals surface area contributed by atoms with Crippen LogP contribution in [0.15, 0.2) is 41.3 Å². The van der Waals surface area contributed by atoms with Gasteiger partial charge in [0.2, 0.25) is 10.0 Å². The molecule has 0 spiro atoms. The van der Waals surface area contributed by atoms with E-state index in [0.717, 1.165) is 25.9 Å². The second kappa shape index (κ2) is 10.0. The van der Waals surface area contributed by atoms with Crippen molar-refractivity contribution in [3.63, 3.8) is 0 Å². The highest BCUT2D eigenvalue weighted by Gasteiger charge is 2.27. The van der Waals surface area contributed by atoms with Crippen LogP contribution in [0.5, 0.6) is 0 Å². The highest BCUT2D eigenvalue weighted by Crippen LogP contribution is 2.30. The first-order valence-corrected chi connectivity index (χ1v) is 12.6. The maximum atomic E-state index is 13.5. The van der Waals surface area contributed by atoms with Crippen LogP contribution in [0.25, 0.3) is 0 Å². The number of sulfonamides is 1. The number of piperidine rings is 1. The first-order chi connectivity index (χ1) is 15.2. The summed E-state index contributed by atoms with van der Waals surface area (Å²) in [6, 6.07) is 8.94. The number of benzene rings is 2. The first kappa shape index (κ1) is 24.2. The molecule has 1 aliphatic rings. The van der Waals surface area contributed by atoms with Crippen LogP contribution in [-0.4, -0.2) is 44.8 Å². The Bertz CT molecular complexity index is 1080. The average molecular weight is 462 g/mol. The predicted octanol–water partition coefficient (Wildman–Crippen LogP) is 4.65. The third-order valence-electron chi connectivity index (χ3n) is 6.12. The van der Waals surface area contributed by atoms with Crippen LogP contribution in [0.1, 0.15) is 49.5 Å². The molecule has 0 radical (unpaired) electrons. The van der Waals surface area contributed by atoms with E-state index in [9.17, 15) is 17.6 Å². The van der Waals surface area contributed by atoms with Gasteiger partial charge in [-0.1, -0.05) is 20.8 Å². The summed E-state index contributed by atoms with van der Waals surface area (Å²) in [6.07, 6.45) is 2.02. The summed E-state index contributed by atoms with van der Waals surface area (Å²) in [5, 5.41) is 2.84. The van der Waals surface area contributed by atoms with Crippen molar-refractivity contribution in [3.05, 3.63) is 53.3 Å². The van der Waals surface area contributed by atoms with Gasteiger partial charge in [-0.3, -0.25) is 4.79 Å². The smallest absolute Gasteiger partial charge is 0.257 e. The van der Waals surface area contributed by atoms with Crippen molar-refractivity contribution in [3.8, 4) is 0 Å². The molecule has 0 atom stereocenters. The second-order valence-corrected chi connectivity index (χ2v) is 10.3. The lowest BCUT2D eigenvalue weighted by atomic mass is 9.98. The van der Waals surface area contributed by atoms with E-state index in [0.29, 0.717) is 41.5 Å². The summed E-state index contributed by atoms with van der Waals surface area (Å²) >= 11 is 0. The molecule has 0 bridgehead atoms. The lowest BCUT2D eigenvalue weighted by Gasteiger charge is -2.33. The molecule has 1 amide bonds. The largest absolute Gasteiger partial charge is 0.371 e. The number of nitrogens with zero attached hydrogens (tertiary/aromatic N) is 2. The minimum Gasteiger partial charge on any atom is -0.371 e. The maximum Gasteiger partial charge on any atom is 0.257 e. The molecule has 6 nitrogen and oxygen atoms in total. The maximum absolute atomic E-state index is 13.5. The zero-order valence-corrected chi connectivity index (χ0v) is 20.0. The van der Waals surface area contributed by atoms with Crippen molar-refractivity contribution < 1.29 is 17.6 Å². The van der Waals surface area contributed by atoms with Crippen LogP contribution >= 0.6 is 0 Å². The monoisotopic (exact) mass is 461 g/mol. The number of anilines is 2. The molecule has 174 valence electrons. The molecule has 2 aromatic rings. The van der Waals surface area contributed by atoms with E-state index in [2.05, 4.69) is 17.1 Å². The third-order valence-corrected chi connectivity index (χ3v) is 8.16. The fourth-order valence-corrected chi connectivity index (χ4v) is 5.54. The SMILES string of the molecule is CCN(CC)S(=O)(=O)c1ccc(N2CCC(C)CC2)c(C(=O)Nc2ccc(F)cc2C)c1. The number of halogens is 1. The fraction of sp³-hybridized carbons (Fsp3) is 0.458. The van der Waals surface area contributed by atoms with Gasteiger partial charge in [0.15, 0.2) is 0 Å². The van der Waals surface area contributed by atoms with Crippen LogP contribution in [0, 0.1) is 18.7 Å². The molecule has 32 heavy (non-hydrogen) atoms. The van der Waals surface area contributed by atoms with Gasteiger partial charge in [0.1, 0.15) is 5.82 Å². The summed E-state index contributed by atoms with van der Waals surface area (Å²) in [6.45, 7) is 9.81. The molecular formula is C24H32FN3O3S. The Kier molecular flexibility index (Phi) is 7.56. The topological polar surface area (TPSA) is 69.7 Å². The van der Waals surface area contributed by atoms with Gasteiger partial charge in [-0.2, -0.15) is 4.31 Å². The van der Waals surface area contributed by atoms with Crippen LogP contribution in [0.2, 0.25) is 0 Å². The van der Waals surface area contributed by atoms with Crippen molar-refractivity contribution in [1.29, 1.82) is 0 Å². The van der Waals surface area contributed by atoms with Gasteiger partial charge >= 0.3 is 0 Å². The Morgan fingerprint density at radius 3 is 2.38 bits per heavy atom. The molecule has 1 N–H and O–H groups in total. The van der Waals surface area contributed by atoms with E-state index in [1.165, 1.54) is 28.6 Å². The Hall–Kier alpha value is -2.45. The second-order valence-electron chi connectivity index (χ2n) is 8.35. The van der Waals surface area contributed by atoms with Gasteiger partial charge in [0, 0.05) is 37.6 Å². The van der Waals surface area contributed by atoms with Crippen molar-refractivity contribution >= 4 is 27.3 Å². The van der Waals surface area contributed by atoms with Gasteiger partial charge in [0.25, 0.3) is 5.91 Å². The number of hydrogen-bond acceptors (Lipinski definition) is 4. The van der Waals surface area contributed by atoms with E-state index in [1.54, 1.807) is 32.9 Å². The van der Waals surface area contributed by atoms with Gasteiger partial charge in [-0.25, -0.2) is 12.8 Å². The molecule has 1 fully saturated rings. The molecule has 2 aromatic carbocycles. The lowest BCUT2D eigenvalue weighted by Crippen LogP contribution is -2.35. The summed E-state index contributed by atoms with van der Waals surface area (Å²) in [4.78, 5) is 15.6. The minimum atomic E-state index is -3.71. The van der Waals surface area contributed by atoms with Crippen molar-refractivity contribution in [2.75, 3.05) is 36.4 Å². The van der Waals surface area contributed by atoms with E-state index in [4.69, 9.17) is 0 Å². The molecule has 3 rings (SSSR count). The van der Waals surface area contributed by atoms with E-state index < -0.39 is 15.9 Å². The molecule has 0 aliphatic carbocycles. The third kappa shape index (κ3) is 5.13. The van der Waals surface area contributed by atoms with Gasteiger partial charge < -0.3 is 10.2 Å². The Morgan fingerprint density at radius 2 is 1.78 bits per heavy atom. The average Bonchev–Trinajstić information content (AvgIpc) is 2.76. The Labute approximate surface area is 190 Å². The molecule has 0 saturated carbocycles. The molecule has 0 unspecified atom stereocenters. The molecule has 8 heteroatoms. The lowest BCUT2D eigenvalue weighted by molar-refractivity contribution is 0.102. The molecule has 0 aromatic heterocycles. The standard InChI is InChI=1S/C24H32FN3O3S/c1-5-28(6-2)32(30,31)20-8-10-23(27-13-11-17(3)12-14-27)21(16-20)24(29)26-22-9-7-19(25)15-18(22)4/h7-10,15-17H,5-6,11-14H2,1-4H3,(H,26,29). The number of rotatable bonds is 7. The number of carbonyl (C=O) groups excluding carboxylic acids is 1. The van der Waals surface area contributed by atoms with Crippen molar-refractivity contribution in [2.24, 2.45) is 5.92 Å². The Balaban J connectivity index is 2.03. The van der Waals surface area contributed by atoms with Crippen LogP contribution in [0.3, 0.4) is 0 Å². The number of nitrogens with one attached hydrogen (secondary N) is 1. The number of amides is 1. The van der Waals surface area contributed by atoms with E-state index >= 15 is 0 Å². The normalized spacial score (nSPS) is 15.2. The summed E-state index contributed by atoms with van der Waals surface area (Å²) < 4.78 is 41.0. The van der Waals surface area contributed by atoms with Crippen LogP contribution < -0.4 is 10.2 Å². The van der Waals surface area contributed by atoms with Gasteiger partial charge in [0.05, 0.1) is 10.5 Å². The Morgan fingerprint density at radius 1 is 1.12 bits per heavy atom. The van der Waals surface area contributed by atoms with Gasteiger partial charge in [-0.05, 0) is 67.6 Å². The minimum absolute atomic E-state index is 0.0938. The summed E-state index contributed by atoms with van der Waals surface area (Å²) in [5.74, 6) is -0.173. The zero-order chi connectivity index (χ0) is 23.5. The molecule has 1 saturated heterocycles. The fourth-order valence-electron chi connectivity index (χ4n) is 4.05. The van der Waals surface area contributed by atoms with Crippen molar-refractivity contribution in [2.45, 2.75) is 45.4 Å². The van der Waals surface area contributed by atoms with Crippen LogP contribution in [-0.2, 0) is 10.0 Å². The van der Waals surface area contributed by atoms with E-state index in [1.807, 2.05) is 0 Å². The summed E-state index contributed by atoms with van der Waals surface area (Å²) in [7, 11) is -3.71. The van der Waals surface area contributed by atoms with Gasteiger partial charge in [-0.15, -0.1) is 0 Å². The molecular weight excluding hydrogens is 429 g/mol.